The van der Waals surface area contributed by atoms with Gasteiger partial charge in [-0.1, -0.05) is 0 Å². The molecule has 1 saturated heterocycles. The quantitative estimate of drug-likeness (QED) is 0.489. The van der Waals surface area contributed by atoms with E-state index in [1.54, 1.807) is 6.07 Å². The lowest BCUT2D eigenvalue weighted by Gasteiger charge is -2.24. The maximum absolute atomic E-state index is 11.0. The smallest absolute Gasteiger partial charge is 0.293 e. The molecule has 1 aliphatic rings. The molecular formula is C11H12IN3O3. The first-order chi connectivity index (χ1) is 8.56. The number of nitro benzene ring substituents is 1. The molecule has 6 nitrogen and oxygen atoms in total. The number of halogens is 1. The third-order valence-electron chi connectivity index (χ3n) is 2.78. The minimum Gasteiger partial charge on any atom is -0.375 e. The van der Waals surface area contributed by atoms with Gasteiger partial charge in [0.2, 0.25) is 5.91 Å². The highest BCUT2D eigenvalue weighted by Crippen LogP contribution is 2.27. The molecular weight excluding hydrogens is 349 g/mol. The summed E-state index contributed by atoms with van der Waals surface area (Å²) in [5.74, 6) is 0.0326. The van der Waals surface area contributed by atoms with Gasteiger partial charge in [0.05, 0.1) is 4.92 Å². The first kappa shape index (κ1) is 13.1. The van der Waals surface area contributed by atoms with Crippen molar-refractivity contribution in [3.8, 4) is 0 Å². The van der Waals surface area contributed by atoms with Gasteiger partial charge in [-0.3, -0.25) is 14.9 Å². The van der Waals surface area contributed by atoms with Crippen molar-refractivity contribution in [3.05, 3.63) is 31.9 Å². The fraction of sp³-hybridized carbons (Fsp3) is 0.364. The third-order valence-corrected chi connectivity index (χ3v) is 3.45. The zero-order valence-electron chi connectivity index (χ0n) is 9.48. The molecule has 18 heavy (non-hydrogen) atoms. The van der Waals surface area contributed by atoms with Gasteiger partial charge in [0.1, 0.15) is 5.69 Å². The Morgan fingerprint density at radius 1 is 1.50 bits per heavy atom. The normalized spacial score (nSPS) is 19.2. The standard InChI is InChI=1S/C11H12IN3O3/c12-7-1-3-9(10(5-7)15(17)18)14-8-2-4-11(16)13-6-8/h1,3,5,8,14H,2,4,6H2,(H,13,16). The van der Waals surface area contributed by atoms with Crippen LogP contribution in [0.1, 0.15) is 12.8 Å². The van der Waals surface area contributed by atoms with Crippen LogP contribution < -0.4 is 10.6 Å². The first-order valence-corrected chi connectivity index (χ1v) is 6.61. The van der Waals surface area contributed by atoms with E-state index in [2.05, 4.69) is 10.6 Å². The molecule has 0 bridgehead atoms. The molecule has 1 aromatic rings. The topological polar surface area (TPSA) is 84.3 Å². The molecule has 1 heterocycles. The van der Waals surface area contributed by atoms with Crippen LogP contribution in [0, 0.1) is 13.7 Å². The van der Waals surface area contributed by atoms with Crippen LogP contribution in [0.15, 0.2) is 18.2 Å². The summed E-state index contributed by atoms with van der Waals surface area (Å²) >= 11 is 2.04. The average molecular weight is 361 g/mol. The lowest BCUT2D eigenvalue weighted by atomic mass is 10.1. The lowest BCUT2D eigenvalue weighted by molar-refractivity contribution is -0.384. The van der Waals surface area contributed by atoms with Crippen molar-refractivity contribution >= 4 is 39.9 Å². The first-order valence-electron chi connectivity index (χ1n) is 5.53. The van der Waals surface area contributed by atoms with E-state index < -0.39 is 4.92 Å². The molecule has 1 fully saturated rings. The lowest BCUT2D eigenvalue weighted by Crippen LogP contribution is -2.41. The molecule has 1 aliphatic heterocycles. The summed E-state index contributed by atoms with van der Waals surface area (Å²) in [6, 6.07) is 5.10. The maximum Gasteiger partial charge on any atom is 0.293 e. The van der Waals surface area contributed by atoms with Crippen molar-refractivity contribution < 1.29 is 9.72 Å². The zero-order chi connectivity index (χ0) is 13.1. The molecule has 1 atom stereocenters. The number of anilines is 1. The molecule has 1 aromatic carbocycles. The number of nitro groups is 1. The minimum atomic E-state index is -0.397. The Labute approximate surface area is 117 Å². The summed E-state index contributed by atoms with van der Waals surface area (Å²) in [4.78, 5) is 21.6. The van der Waals surface area contributed by atoms with Gasteiger partial charge in [-0.2, -0.15) is 0 Å². The van der Waals surface area contributed by atoms with Crippen LogP contribution >= 0.6 is 22.6 Å². The van der Waals surface area contributed by atoms with Crippen LogP contribution in [0.4, 0.5) is 11.4 Å². The fourth-order valence-electron chi connectivity index (χ4n) is 1.85. The molecule has 1 amide bonds. The molecule has 0 spiro atoms. The van der Waals surface area contributed by atoms with Gasteiger partial charge >= 0.3 is 0 Å². The number of nitrogens with one attached hydrogen (secondary N) is 2. The highest BCUT2D eigenvalue weighted by atomic mass is 127. The van der Waals surface area contributed by atoms with Crippen LogP contribution in [-0.4, -0.2) is 23.4 Å². The van der Waals surface area contributed by atoms with E-state index in [0.29, 0.717) is 25.1 Å². The Hall–Kier alpha value is -1.38. The van der Waals surface area contributed by atoms with E-state index in [0.717, 1.165) is 3.57 Å². The van der Waals surface area contributed by atoms with Gasteiger partial charge in [-0.15, -0.1) is 0 Å². The van der Waals surface area contributed by atoms with Crippen molar-refractivity contribution in [2.45, 2.75) is 18.9 Å². The minimum absolute atomic E-state index is 0.0326. The molecule has 0 saturated carbocycles. The van der Waals surface area contributed by atoms with Crippen molar-refractivity contribution in [3.63, 3.8) is 0 Å². The van der Waals surface area contributed by atoms with Crippen LogP contribution in [0.2, 0.25) is 0 Å². The van der Waals surface area contributed by atoms with Crippen molar-refractivity contribution in [2.24, 2.45) is 0 Å². The van der Waals surface area contributed by atoms with E-state index in [4.69, 9.17) is 0 Å². The van der Waals surface area contributed by atoms with Gasteiger partial charge in [0.25, 0.3) is 5.69 Å². The van der Waals surface area contributed by atoms with Crippen LogP contribution in [0.3, 0.4) is 0 Å². The van der Waals surface area contributed by atoms with Crippen LogP contribution in [0.5, 0.6) is 0 Å². The van der Waals surface area contributed by atoms with Crippen LogP contribution in [-0.2, 0) is 4.79 Å². The number of rotatable bonds is 3. The third kappa shape index (κ3) is 3.09. The predicted molar refractivity (Wildman–Crippen MR) is 75.5 cm³/mol. The zero-order valence-corrected chi connectivity index (χ0v) is 11.6. The Balaban J connectivity index is 2.13. The average Bonchev–Trinajstić information content (AvgIpc) is 2.34. The summed E-state index contributed by atoms with van der Waals surface area (Å²) < 4.78 is 0.821. The van der Waals surface area contributed by atoms with Crippen LogP contribution in [0.25, 0.3) is 0 Å². The van der Waals surface area contributed by atoms with Crippen molar-refractivity contribution in [1.29, 1.82) is 0 Å². The molecule has 1 unspecified atom stereocenters. The molecule has 0 aliphatic carbocycles. The summed E-state index contributed by atoms with van der Waals surface area (Å²) in [5.41, 5.74) is 0.570. The van der Waals surface area contributed by atoms with Gasteiger partial charge in [-0.25, -0.2) is 0 Å². The number of nitrogens with zero attached hydrogens (tertiary/aromatic N) is 1. The fourth-order valence-corrected chi connectivity index (χ4v) is 2.33. The Morgan fingerprint density at radius 2 is 2.28 bits per heavy atom. The number of piperidine rings is 1. The molecule has 0 aromatic heterocycles. The number of carbonyl (C=O) groups excluding carboxylic acids is 1. The maximum atomic E-state index is 11.0. The van der Waals surface area contributed by atoms with Crippen molar-refractivity contribution in [1.82, 2.24) is 5.32 Å². The Bertz CT molecular complexity index is 482. The molecule has 2 N–H and O–H groups in total. The van der Waals surface area contributed by atoms with Gasteiger partial charge < -0.3 is 10.6 Å². The number of carbonyl (C=O) groups is 1. The molecule has 2 rings (SSSR count). The van der Waals surface area contributed by atoms with E-state index in [1.165, 1.54) is 6.07 Å². The van der Waals surface area contributed by atoms with Gasteiger partial charge in [0.15, 0.2) is 0 Å². The molecule has 0 radical (unpaired) electrons. The summed E-state index contributed by atoms with van der Waals surface area (Å²) in [6.45, 7) is 0.502. The summed E-state index contributed by atoms with van der Waals surface area (Å²) in [6.07, 6.45) is 1.14. The summed E-state index contributed by atoms with van der Waals surface area (Å²) in [7, 11) is 0. The van der Waals surface area contributed by atoms with E-state index in [-0.39, 0.29) is 17.6 Å². The Kier molecular flexibility index (Phi) is 4.00. The second-order valence-electron chi connectivity index (χ2n) is 4.10. The number of hydrogen-bond acceptors (Lipinski definition) is 4. The monoisotopic (exact) mass is 361 g/mol. The van der Waals surface area contributed by atoms with Gasteiger partial charge in [-0.05, 0) is 41.1 Å². The van der Waals surface area contributed by atoms with Crippen molar-refractivity contribution in [2.75, 3.05) is 11.9 Å². The Morgan fingerprint density at radius 3 is 2.89 bits per heavy atom. The summed E-state index contributed by atoms with van der Waals surface area (Å²) in [5, 5.41) is 16.8. The highest BCUT2D eigenvalue weighted by molar-refractivity contribution is 14.1. The van der Waals surface area contributed by atoms with E-state index in [9.17, 15) is 14.9 Å². The number of hydrogen-bond donors (Lipinski definition) is 2. The largest absolute Gasteiger partial charge is 0.375 e. The van der Waals surface area contributed by atoms with Gasteiger partial charge in [0, 0.05) is 28.6 Å². The predicted octanol–water partition coefficient (Wildman–Crippen LogP) is 1.89. The SMILES string of the molecule is O=C1CCC(Nc2ccc(I)cc2[N+](=O)[O-])CN1. The van der Waals surface area contributed by atoms with E-state index in [1.807, 2.05) is 28.7 Å². The highest BCUT2D eigenvalue weighted by Gasteiger charge is 2.21. The van der Waals surface area contributed by atoms with E-state index >= 15 is 0 Å². The molecule has 96 valence electrons. The second kappa shape index (κ2) is 5.51. The second-order valence-corrected chi connectivity index (χ2v) is 5.35. The number of amides is 1. The molecule has 7 heteroatoms. The number of benzene rings is 1.